The van der Waals surface area contributed by atoms with Crippen LogP contribution in [0.4, 0.5) is 0 Å². The highest BCUT2D eigenvalue weighted by Crippen LogP contribution is 2.14. The van der Waals surface area contributed by atoms with Gasteiger partial charge in [0.1, 0.15) is 0 Å². The summed E-state index contributed by atoms with van der Waals surface area (Å²) in [7, 11) is 1.68. The largest absolute Gasteiger partial charge is 0.385 e. The molecule has 74 valence electrons. The molecule has 0 N–H and O–H groups in total. The average molecular weight is 245 g/mol. The first kappa shape index (κ1) is 12.7. The molecule has 13 heavy (non-hydrogen) atoms. The maximum absolute atomic E-state index is 4.54. The molecular weight excluding hydrogens is 228 g/mol. The summed E-state index contributed by atoms with van der Waals surface area (Å²) in [5.41, 5.74) is 2.68. The second kappa shape index (κ2) is 7.10. The third-order valence-electron chi connectivity index (χ3n) is 1.76. The van der Waals surface area contributed by atoms with Crippen LogP contribution in [0.2, 0.25) is 0 Å². The van der Waals surface area contributed by atoms with E-state index in [1.807, 2.05) is 6.92 Å². The molecule has 0 amide bonds. The van der Waals surface area contributed by atoms with Crippen molar-refractivity contribution in [1.29, 1.82) is 0 Å². The maximum atomic E-state index is 4.54. The minimum atomic E-state index is 0.819. The van der Waals surface area contributed by atoms with Crippen molar-refractivity contribution in [1.82, 2.24) is 0 Å². The van der Waals surface area contributed by atoms with Crippen LogP contribution in [0.15, 0.2) is 22.7 Å². The third-order valence-corrected chi connectivity index (χ3v) is 2.25. The van der Waals surface area contributed by atoms with E-state index in [0.29, 0.717) is 0 Å². The van der Waals surface area contributed by atoms with Crippen molar-refractivity contribution in [2.24, 2.45) is 0 Å². The Kier molecular flexibility index (Phi) is 6.92. The van der Waals surface area contributed by atoms with E-state index in [4.69, 9.17) is 0 Å². The van der Waals surface area contributed by atoms with Gasteiger partial charge in [0.15, 0.2) is 0 Å². The predicted molar refractivity (Wildman–Crippen MR) is 61.2 cm³/mol. The molecule has 0 heterocycles. The number of hydrogen-bond donors (Lipinski definition) is 0. The molecule has 0 spiro atoms. The minimum Gasteiger partial charge on any atom is -0.385 e. The molecule has 0 aliphatic heterocycles. The number of ether oxygens (including phenoxy) is 1. The van der Waals surface area contributed by atoms with Crippen LogP contribution in [0.1, 0.15) is 18.1 Å². The van der Waals surface area contributed by atoms with Crippen LogP contribution in [0.5, 0.6) is 0 Å². The number of benzene rings is 1. The van der Waals surface area contributed by atoms with Gasteiger partial charge in [0, 0.05) is 18.2 Å². The van der Waals surface area contributed by atoms with Crippen LogP contribution in [-0.4, -0.2) is 13.7 Å². The lowest BCUT2D eigenvalue weighted by Crippen LogP contribution is -1.77. The molecule has 0 bridgehead atoms. The fourth-order valence-electron chi connectivity index (χ4n) is 0.705. The van der Waals surface area contributed by atoms with Crippen LogP contribution < -0.4 is 0 Å². The van der Waals surface area contributed by atoms with Crippen molar-refractivity contribution in [2.75, 3.05) is 13.7 Å². The molecule has 1 aromatic rings. The Morgan fingerprint density at radius 2 is 1.77 bits per heavy atom. The lowest BCUT2D eigenvalue weighted by Gasteiger charge is -1.97. The molecule has 0 saturated heterocycles. The second-order valence-corrected chi connectivity index (χ2v) is 3.72. The summed E-state index contributed by atoms with van der Waals surface area (Å²) in [4.78, 5) is 0. The zero-order valence-corrected chi connectivity index (χ0v) is 10.3. The highest BCUT2D eigenvalue weighted by Gasteiger charge is 1.90. The Morgan fingerprint density at radius 3 is 2.08 bits per heavy atom. The topological polar surface area (TPSA) is 9.23 Å². The summed E-state index contributed by atoms with van der Waals surface area (Å²) in [5, 5.41) is 0. The highest BCUT2D eigenvalue weighted by atomic mass is 79.9. The Hall–Kier alpha value is -0.340. The molecule has 1 aromatic carbocycles. The van der Waals surface area contributed by atoms with Crippen LogP contribution in [0, 0.1) is 13.8 Å². The van der Waals surface area contributed by atoms with E-state index in [1.165, 1.54) is 11.1 Å². The van der Waals surface area contributed by atoms with E-state index in [-0.39, 0.29) is 0 Å². The van der Waals surface area contributed by atoms with Crippen LogP contribution in [0.25, 0.3) is 0 Å². The smallest absolute Gasteiger partial charge is 0.0433 e. The lowest BCUT2D eigenvalue weighted by molar-refractivity contribution is 0.215. The zero-order valence-electron chi connectivity index (χ0n) is 8.73. The van der Waals surface area contributed by atoms with Crippen molar-refractivity contribution >= 4 is 15.9 Å². The highest BCUT2D eigenvalue weighted by molar-refractivity contribution is 9.10. The van der Waals surface area contributed by atoms with Gasteiger partial charge in [0.25, 0.3) is 0 Å². The summed E-state index contributed by atoms with van der Waals surface area (Å²) in [6, 6.07) is 6.29. The predicted octanol–water partition coefficient (Wildman–Crippen LogP) is 3.72. The Balaban J connectivity index is 0.000000310. The lowest BCUT2D eigenvalue weighted by atomic mass is 10.1. The molecule has 1 nitrogen and oxygen atoms in total. The monoisotopic (exact) mass is 244 g/mol. The molecule has 0 atom stereocenters. The van der Waals surface area contributed by atoms with Crippen molar-refractivity contribution < 1.29 is 4.74 Å². The third kappa shape index (κ3) is 5.83. The van der Waals surface area contributed by atoms with E-state index in [0.717, 1.165) is 11.1 Å². The number of aryl methyl sites for hydroxylation is 2. The summed E-state index contributed by atoms with van der Waals surface area (Å²) in [6.07, 6.45) is 0. The summed E-state index contributed by atoms with van der Waals surface area (Å²) in [5.74, 6) is 0. The first-order chi connectivity index (χ1) is 6.11. The van der Waals surface area contributed by atoms with Crippen LogP contribution in [0.3, 0.4) is 0 Å². The molecule has 0 aromatic heterocycles. The van der Waals surface area contributed by atoms with Crippen molar-refractivity contribution in [2.45, 2.75) is 20.8 Å². The van der Waals surface area contributed by atoms with E-state index in [1.54, 1.807) is 7.11 Å². The van der Waals surface area contributed by atoms with E-state index in [9.17, 15) is 0 Å². The van der Waals surface area contributed by atoms with Crippen molar-refractivity contribution in [3.63, 3.8) is 0 Å². The van der Waals surface area contributed by atoms with Gasteiger partial charge in [-0.25, -0.2) is 0 Å². The summed E-state index contributed by atoms with van der Waals surface area (Å²) >= 11 is 3.40. The number of rotatable bonds is 1. The molecule has 0 aliphatic carbocycles. The summed E-state index contributed by atoms with van der Waals surface area (Å²) in [6.45, 7) is 7.00. The van der Waals surface area contributed by atoms with Gasteiger partial charge in [-0.15, -0.1) is 0 Å². The summed E-state index contributed by atoms with van der Waals surface area (Å²) < 4.78 is 5.70. The molecule has 0 unspecified atom stereocenters. The number of hydrogen-bond acceptors (Lipinski definition) is 1. The van der Waals surface area contributed by atoms with E-state index in [2.05, 4.69) is 52.7 Å². The van der Waals surface area contributed by atoms with Gasteiger partial charge in [-0.3, -0.25) is 0 Å². The van der Waals surface area contributed by atoms with E-state index < -0.39 is 0 Å². The van der Waals surface area contributed by atoms with Crippen LogP contribution >= 0.6 is 15.9 Å². The number of methoxy groups -OCH3 is 1. The van der Waals surface area contributed by atoms with Crippen molar-refractivity contribution in [3.05, 3.63) is 33.8 Å². The fraction of sp³-hybridized carbons (Fsp3) is 0.455. The minimum absolute atomic E-state index is 0.819. The Labute approximate surface area is 89.2 Å². The van der Waals surface area contributed by atoms with Gasteiger partial charge in [0.2, 0.25) is 0 Å². The van der Waals surface area contributed by atoms with Gasteiger partial charge in [0.05, 0.1) is 0 Å². The molecule has 0 radical (unpaired) electrons. The quantitative estimate of drug-likeness (QED) is 0.732. The molecular formula is C11H17BrO. The normalized spacial score (nSPS) is 9.00. The Bertz CT molecular complexity index is 244. The standard InChI is InChI=1S/C8H9Br.C3H8O/c1-6-3-4-8(9)5-7(6)2;1-3-4-2/h3-5H,1-2H3;3H2,1-2H3. The zero-order chi connectivity index (χ0) is 10.3. The SMILES string of the molecule is CCOC.Cc1ccc(Br)cc1C. The average Bonchev–Trinajstić information content (AvgIpc) is 2.12. The fourth-order valence-corrected chi connectivity index (χ4v) is 1.18. The maximum Gasteiger partial charge on any atom is 0.0433 e. The molecule has 2 heteroatoms. The molecule has 1 rings (SSSR count). The number of halogens is 1. The molecule has 0 fully saturated rings. The van der Waals surface area contributed by atoms with Crippen molar-refractivity contribution in [3.8, 4) is 0 Å². The molecule has 0 saturated carbocycles. The van der Waals surface area contributed by atoms with E-state index >= 15 is 0 Å². The second-order valence-electron chi connectivity index (χ2n) is 2.81. The van der Waals surface area contributed by atoms with Gasteiger partial charge in [-0.05, 0) is 44.0 Å². The first-order valence-electron chi connectivity index (χ1n) is 4.33. The van der Waals surface area contributed by atoms with Gasteiger partial charge in [-0.1, -0.05) is 22.0 Å². The van der Waals surface area contributed by atoms with Gasteiger partial charge >= 0.3 is 0 Å². The molecule has 0 aliphatic rings. The van der Waals surface area contributed by atoms with Gasteiger partial charge in [-0.2, -0.15) is 0 Å². The van der Waals surface area contributed by atoms with Gasteiger partial charge < -0.3 is 4.74 Å². The van der Waals surface area contributed by atoms with Crippen LogP contribution in [-0.2, 0) is 4.74 Å². The first-order valence-corrected chi connectivity index (χ1v) is 5.12. The Morgan fingerprint density at radius 1 is 1.23 bits per heavy atom.